The monoisotopic (exact) mass is 322 g/mol. The minimum Gasteiger partial charge on any atom is -0.395 e. The van der Waals surface area contributed by atoms with E-state index in [1.165, 1.54) is 6.07 Å². The summed E-state index contributed by atoms with van der Waals surface area (Å²) in [5, 5.41) is 23.0. The maximum absolute atomic E-state index is 11.8. The quantitative estimate of drug-likeness (QED) is 0.480. The topological polar surface area (TPSA) is 106 Å². The van der Waals surface area contributed by atoms with E-state index in [-0.39, 0.29) is 12.3 Å². The summed E-state index contributed by atoms with van der Waals surface area (Å²) in [6, 6.07) is 9.63. The SMILES string of the molecule is CSc1ccc(C(O)CNC(=O)c2ccc([N+](=O)[O-])o2)cc1. The molecule has 1 heterocycles. The predicted molar refractivity (Wildman–Crippen MR) is 80.9 cm³/mol. The molecule has 8 heteroatoms. The molecule has 0 fully saturated rings. The highest BCUT2D eigenvalue weighted by Gasteiger charge is 2.18. The van der Waals surface area contributed by atoms with Crippen molar-refractivity contribution >= 4 is 23.6 Å². The molecule has 0 saturated carbocycles. The van der Waals surface area contributed by atoms with Gasteiger partial charge in [0, 0.05) is 11.4 Å². The molecule has 2 aromatic rings. The number of furan rings is 1. The van der Waals surface area contributed by atoms with Crippen LogP contribution >= 0.6 is 11.8 Å². The fourth-order valence-corrected chi connectivity index (χ4v) is 2.18. The highest BCUT2D eigenvalue weighted by atomic mass is 32.2. The molecular formula is C14H14N2O5S. The summed E-state index contributed by atoms with van der Waals surface area (Å²) in [5.74, 6) is -1.29. The lowest BCUT2D eigenvalue weighted by molar-refractivity contribution is -0.402. The number of aliphatic hydroxyl groups is 1. The van der Waals surface area contributed by atoms with Gasteiger partial charge in [0.25, 0.3) is 5.91 Å². The third-order valence-corrected chi connectivity index (χ3v) is 3.70. The molecule has 2 rings (SSSR count). The number of benzene rings is 1. The minimum atomic E-state index is -0.871. The number of nitrogens with zero attached hydrogens (tertiary/aromatic N) is 1. The second-order valence-electron chi connectivity index (χ2n) is 4.39. The van der Waals surface area contributed by atoms with Gasteiger partial charge in [-0.25, -0.2) is 0 Å². The number of rotatable bonds is 6. The van der Waals surface area contributed by atoms with Crippen LogP contribution in [0.4, 0.5) is 5.88 Å². The summed E-state index contributed by atoms with van der Waals surface area (Å²) in [6.45, 7) is -0.0219. The van der Waals surface area contributed by atoms with Crippen LogP contribution < -0.4 is 5.32 Å². The van der Waals surface area contributed by atoms with Gasteiger partial charge in [-0.3, -0.25) is 14.9 Å². The molecule has 7 nitrogen and oxygen atoms in total. The van der Waals surface area contributed by atoms with E-state index in [0.717, 1.165) is 11.0 Å². The van der Waals surface area contributed by atoms with Crippen LogP contribution in [0.5, 0.6) is 0 Å². The summed E-state index contributed by atoms with van der Waals surface area (Å²) in [4.78, 5) is 22.6. The molecule has 1 amide bonds. The third-order valence-electron chi connectivity index (χ3n) is 2.95. The molecule has 0 aliphatic carbocycles. The van der Waals surface area contributed by atoms with Gasteiger partial charge in [0.2, 0.25) is 0 Å². The van der Waals surface area contributed by atoms with E-state index in [4.69, 9.17) is 4.42 Å². The molecule has 2 N–H and O–H groups in total. The lowest BCUT2D eigenvalue weighted by atomic mass is 10.1. The van der Waals surface area contributed by atoms with Crippen LogP contribution in [0.3, 0.4) is 0 Å². The van der Waals surface area contributed by atoms with E-state index in [1.807, 2.05) is 18.4 Å². The van der Waals surface area contributed by atoms with Gasteiger partial charge in [-0.15, -0.1) is 11.8 Å². The molecule has 1 atom stereocenters. The summed E-state index contributed by atoms with van der Waals surface area (Å²) >= 11 is 1.59. The number of hydrogen-bond acceptors (Lipinski definition) is 6. The van der Waals surface area contributed by atoms with Gasteiger partial charge in [-0.2, -0.15) is 0 Å². The molecule has 0 spiro atoms. The van der Waals surface area contributed by atoms with Gasteiger partial charge in [0.05, 0.1) is 12.2 Å². The maximum atomic E-state index is 11.8. The van der Waals surface area contributed by atoms with Crippen LogP contribution in [0.2, 0.25) is 0 Å². The molecule has 0 bridgehead atoms. The zero-order chi connectivity index (χ0) is 16.1. The number of carbonyl (C=O) groups is 1. The van der Waals surface area contributed by atoms with E-state index >= 15 is 0 Å². The van der Waals surface area contributed by atoms with Gasteiger partial charge in [0.1, 0.15) is 4.92 Å². The van der Waals surface area contributed by atoms with Crippen molar-refractivity contribution < 1.29 is 19.2 Å². The standard InChI is InChI=1S/C14H14N2O5S/c1-22-10-4-2-9(3-5-10)11(17)8-15-14(18)12-6-7-13(21-12)16(19)20/h2-7,11,17H,8H2,1H3,(H,15,18). The van der Waals surface area contributed by atoms with E-state index in [2.05, 4.69) is 5.32 Å². The van der Waals surface area contributed by atoms with Crippen LogP contribution in [0.1, 0.15) is 22.2 Å². The van der Waals surface area contributed by atoms with Crippen LogP contribution in [0.15, 0.2) is 45.7 Å². The maximum Gasteiger partial charge on any atom is 0.433 e. The second-order valence-corrected chi connectivity index (χ2v) is 5.27. The molecule has 1 unspecified atom stereocenters. The first-order valence-corrected chi connectivity index (χ1v) is 7.58. The Labute approximate surface area is 130 Å². The Kier molecular flexibility index (Phi) is 5.18. The molecule has 22 heavy (non-hydrogen) atoms. The highest BCUT2D eigenvalue weighted by molar-refractivity contribution is 7.98. The van der Waals surface area contributed by atoms with Crippen molar-refractivity contribution in [3.8, 4) is 0 Å². The molecule has 1 aromatic heterocycles. The van der Waals surface area contributed by atoms with Gasteiger partial charge < -0.3 is 14.8 Å². The molecule has 0 aliphatic rings. The lowest BCUT2D eigenvalue weighted by Crippen LogP contribution is -2.28. The summed E-state index contributed by atoms with van der Waals surface area (Å²) in [7, 11) is 0. The molecule has 0 radical (unpaired) electrons. The Morgan fingerprint density at radius 3 is 2.59 bits per heavy atom. The van der Waals surface area contributed by atoms with Crippen molar-refractivity contribution in [3.05, 3.63) is 57.8 Å². The molecular weight excluding hydrogens is 308 g/mol. The van der Waals surface area contributed by atoms with E-state index < -0.39 is 22.8 Å². The number of aliphatic hydroxyl groups excluding tert-OH is 1. The number of hydrogen-bond donors (Lipinski definition) is 2. The molecule has 116 valence electrons. The van der Waals surface area contributed by atoms with Crippen molar-refractivity contribution in [2.45, 2.75) is 11.0 Å². The number of amides is 1. The fraction of sp³-hybridized carbons (Fsp3) is 0.214. The molecule has 0 aliphatic heterocycles. The Morgan fingerprint density at radius 2 is 2.05 bits per heavy atom. The van der Waals surface area contributed by atoms with Crippen molar-refractivity contribution in [1.82, 2.24) is 5.32 Å². The van der Waals surface area contributed by atoms with Crippen LogP contribution in [0.25, 0.3) is 0 Å². The van der Waals surface area contributed by atoms with Gasteiger partial charge in [0.15, 0.2) is 5.76 Å². The van der Waals surface area contributed by atoms with E-state index in [9.17, 15) is 20.0 Å². The second kappa shape index (κ2) is 7.10. The normalized spacial score (nSPS) is 11.9. The average molecular weight is 322 g/mol. The minimum absolute atomic E-state index is 0.0219. The third kappa shape index (κ3) is 3.86. The summed E-state index contributed by atoms with van der Waals surface area (Å²) < 4.78 is 4.78. The van der Waals surface area contributed by atoms with E-state index in [0.29, 0.717) is 5.56 Å². The summed E-state index contributed by atoms with van der Waals surface area (Å²) in [6.07, 6.45) is 1.08. The van der Waals surface area contributed by atoms with E-state index in [1.54, 1.807) is 23.9 Å². The zero-order valence-electron chi connectivity index (χ0n) is 11.7. The Morgan fingerprint density at radius 1 is 1.36 bits per heavy atom. The Balaban J connectivity index is 1.92. The largest absolute Gasteiger partial charge is 0.433 e. The summed E-state index contributed by atoms with van der Waals surface area (Å²) in [5.41, 5.74) is 0.670. The van der Waals surface area contributed by atoms with Gasteiger partial charge >= 0.3 is 5.88 Å². The first-order valence-electron chi connectivity index (χ1n) is 6.35. The number of carbonyl (C=O) groups excluding carboxylic acids is 1. The fourth-order valence-electron chi connectivity index (χ4n) is 1.77. The Bertz CT molecular complexity index is 668. The van der Waals surface area contributed by atoms with Crippen molar-refractivity contribution in [1.29, 1.82) is 0 Å². The first kappa shape index (κ1) is 16.1. The number of nitro groups is 1. The predicted octanol–water partition coefficient (Wildman–Crippen LogP) is 2.37. The van der Waals surface area contributed by atoms with Crippen molar-refractivity contribution in [3.63, 3.8) is 0 Å². The van der Waals surface area contributed by atoms with Crippen LogP contribution in [-0.2, 0) is 0 Å². The molecule has 0 saturated heterocycles. The highest BCUT2D eigenvalue weighted by Crippen LogP contribution is 2.19. The Hall–Kier alpha value is -2.32. The van der Waals surface area contributed by atoms with Crippen LogP contribution in [-0.4, -0.2) is 28.7 Å². The average Bonchev–Trinajstić information content (AvgIpc) is 3.02. The van der Waals surface area contributed by atoms with Crippen molar-refractivity contribution in [2.75, 3.05) is 12.8 Å². The number of thioether (sulfide) groups is 1. The van der Waals surface area contributed by atoms with Crippen molar-refractivity contribution in [2.24, 2.45) is 0 Å². The van der Waals surface area contributed by atoms with Gasteiger partial charge in [-0.05, 0) is 30.0 Å². The van der Waals surface area contributed by atoms with Gasteiger partial charge in [-0.1, -0.05) is 12.1 Å². The van der Waals surface area contributed by atoms with Crippen LogP contribution in [0, 0.1) is 10.1 Å². The first-order chi connectivity index (χ1) is 10.5. The number of nitrogens with one attached hydrogen (secondary N) is 1. The molecule has 1 aromatic carbocycles. The zero-order valence-corrected chi connectivity index (χ0v) is 12.5. The lowest BCUT2D eigenvalue weighted by Gasteiger charge is -2.12. The smallest absolute Gasteiger partial charge is 0.395 e.